The summed E-state index contributed by atoms with van der Waals surface area (Å²) >= 11 is 1.75. The maximum atomic E-state index is 12.4. The standard InChI is InChI=1S/C18H25N5O4S/c19-16(17(24)22-9-10-28-11-22)12-1-3-13(4-2-12)20-18(25)21-14-5-7-15(8-6-14)23(26)27/h5-8,12-13,16H,1-4,9-11,19H2,(H2,20,21,25). The Balaban J connectivity index is 1.42. The van der Waals surface area contributed by atoms with E-state index in [1.54, 1.807) is 11.8 Å². The number of nitrogens with two attached hydrogens (primary N) is 1. The summed E-state index contributed by atoms with van der Waals surface area (Å²) in [4.78, 5) is 36.6. The van der Waals surface area contributed by atoms with Crippen molar-refractivity contribution in [3.05, 3.63) is 34.4 Å². The molecule has 0 bridgehead atoms. The highest BCUT2D eigenvalue weighted by Crippen LogP contribution is 2.28. The molecular weight excluding hydrogens is 382 g/mol. The number of anilines is 1. The van der Waals surface area contributed by atoms with Crippen LogP contribution in [0.5, 0.6) is 0 Å². The molecule has 1 aromatic rings. The zero-order valence-electron chi connectivity index (χ0n) is 15.5. The van der Waals surface area contributed by atoms with E-state index in [9.17, 15) is 19.7 Å². The highest BCUT2D eigenvalue weighted by molar-refractivity contribution is 7.99. The van der Waals surface area contributed by atoms with Gasteiger partial charge in [-0.2, -0.15) is 0 Å². The Bertz CT molecular complexity index is 715. The number of amides is 3. The van der Waals surface area contributed by atoms with Crippen molar-refractivity contribution in [3.63, 3.8) is 0 Å². The van der Waals surface area contributed by atoms with Crippen LogP contribution in [0.15, 0.2) is 24.3 Å². The van der Waals surface area contributed by atoms with Crippen LogP contribution in [0.3, 0.4) is 0 Å². The van der Waals surface area contributed by atoms with E-state index in [1.165, 1.54) is 24.3 Å². The van der Waals surface area contributed by atoms with Gasteiger partial charge in [-0.15, -0.1) is 11.8 Å². The van der Waals surface area contributed by atoms with Crippen LogP contribution < -0.4 is 16.4 Å². The summed E-state index contributed by atoms with van der Waals surface area (Å²) in [5, 5.41) is 16.3. The van der Waals surface area contributed by atoms with Gasteiger partial charge in [0.2, 0.25) is 5.91 Å². The molecule has 1 unspecified atom stereocenters. The fraction of sp³-hybridized carbons (Fsp3) is 0.556. The molecule has 9 nitrogen and oxygen atoms in total. The van der Waals surface area contributed by atoms with Gasteiger partial charge in [-0.3, -0.25) is 14.9 Å². The Labute approximate surface area is 167 Å². The molecule has 3 amide bonds. The Hall–Kier alpha value is -2.33. The number of benzene rings is 1. The lowest BCUT2D eigenvalue weighted by Gasteiger charge is -2.33. The van der Waals surface area contributed by atoms with Gasteiger partial charge >= 0.3 is 6.03 Å². The normalized spacial score (nSPS) is 23.1. The molecule has 4 N–H and O–H groups in total. The average molecular weight is 407 g/mol. The van der Waals surface area contributed by atoms with Crippen molar-refractivity contribution >= 4 is 35.1 Å². The SMILES string of the molecule is NC(C(=O)N1CCSC1)C1CCC(NC(=O)Nc2ccc([N+](=O)[O-])cc2)CC1. The summed E-state index contributed by atoms with van der Waals surface area (Å²) in [6.45, 7) is 0.775. The Morgan fingerprint density at radius 2 is 1.89 bits per heavy atom. The molecule has 0 radical (unpaired) electrons. The number of thioether (sulfide) groups is 1. The second-order valence-electron chi connectivity index (χ2n) is 7.18. The number of nitro benzene ring substituents is 1. The van der Waals surface area contributed by atoms with Crippen LogP contribution in [0, 0.1) is 16.0 Å². The number of carbonyl (C=O) groups is 2. The van der Waals surface area contributed by atoms with Gasteiger partial charge in [-0.1, -0.05) is 0 Å². The van der Waals surface area contributed by atoms with E-state index in [0.717, 1.165) is 43.9 Å². The summed E-state index contributed by atoms with van der Waals surface area (Å²) in [5.41, 5.74) is 6.67. The van der Waals surface area contributed by atoms with E-state index < -0.39 is 11.0 Å². The second-order valence-corrected chi connectivity index (χ2v) is 8.25. The first kappa shape index (κ1) is 20.4. The van der Waals surface area contributed by atoms with E-state index in [1.807, 2.05) is 4.90 Å². The first-order valence-electron chi connectivity index (χ1n) is 9.38. The van der Waals surface area contributed by atoms with E-state index in [4.69, 9.17) is 5.73 Å². The zero-order chi connectivity index (χ0) is 20.1. The first-order chi connectivity index (χ1) is 13.4. The van der Waals surface area contributed by atoms with Crippen LogP contribution in [0.25, 0.3) is 0 Å². The van der Waals surface area contributed by atoms with Crippen molar-refractivity contribution in [1.82, 2.24) is 10.2 Å². The van der Waals surface area contributed by atoms with Gasteiger partial charge < -0.3 is 21.3 Å². The maximum absolute atomic E-state index is 12.4. The molecule has 1 saturated carbocycles. The first-order valence-corrected chi connectivity index (χ1v) is 10.5. The zero-order valence-corrected chi connectivity index (χ0v) is 16.3. The predicted octanol–water partition coefficient (Wildman–Crippen LogP) is 2.14. The van der Waals surface area contributed by atoms with Gasteiger partial charge in [-0.25, -0.2) is 4.79 Å². The molecular formula is C18H25N5O4S. The molecule has 3 rings (SSSR count). The van der Waals surface area contributed by atoms with Crippen molar-refractivity contribution in [2.75, 3.05) is 23.5 Å². The van der Waals surface area contributed by atoms with Crippen molar-refractivity contribution in [2.45, 2.75) is 37.8 Å². The molecule has 28 heavy (non-hydrogen) atoms. The second kappa shape index (κ2) is 9.24. The number of carbonyl (C=O) groups excluding carboxylic acids is 2. The van der Waals surface area contributed by atoms with Crippen LogP contribution in [-0.4, -0.2) is 52.0 Å². The van der Waals surface area contributed by atoms with Crippen LogP contribution in [0.1, 0.15) is 25.7 Å². The minimum Gasteiger partial charge on any atom is -0.335 e. The van der Waals surface area contributed by atoms with Gasteiger partial charge in [0.05, 0.1) is 16.8 Å². The molecule has 2 aliphatic rings. The maximum Gasteiger partial charge on any atom is 0.319 e. The lowest BCUT2D eigenvalue weighted by atomic mass is 9.81. The Morgan fingerprint density at radius 3 is 2.46 bits per heavy atom. The summed E-state index contributed by atoms with van der Waals surface area (Å²) < 4.78 is 0. The number of non-ortho nitro benzene ring substituents is 1. The smallest absolute Gasteiger partial charge is 0.319 e. The molecule has 10 heteroatoms. The summed E-state index contributed by atoms with van der Waals surface area (Å²) in [5.74, 6) is 1.89. The van der Waals surface area contributed by atoms with Crippen molar-refractivity contribution in [1.29, 1.82) is 0 Å². The number of rotatable bonds is 5. The summed E-state index contributed by atoms with van der Waals surface area (Å²) in [6, 6.07) is 4.90. The highest BCUT2D eigenvalue weighted by Gasteiger charge is 2.33. The number of nitrogens with one attached hydrogen (secondary N) is 2. The van der Waals surface area contributed by atoms with Gasteiger partial charge in [-0.05, 0) is 43.7 Å². The van der Waals surface area contributed by atoms with Gasteiger partial charge in [0.25, 0.3) is 5.69 Å². The number of hydrogen-bond acceptors (Lipinski definition) is 6. The molecule has 152 valence electrons. The number of nitro groups is 1. The van der Waals surface area contributed by atoms with E-state index >= 15 is 0 Å². The van der Waals surface area contributed by atoms with Crippen molar-refractivity contribution < 1.29 is 14.5 Å². The Morgan fingerprint density at radius 1 is 1.21 bits per heavy atom. The Kier molecular flexibility index (Phi) is 6.74. The molecule has 1 heterocycles. The number of nitrogens with zero attached hydrogens (tertiary/aromatic N) is 2. The van der Waals surface area contributed by atoms with E-state index in [0.29, 0.717) is 5.69 Å². The lowest BCUT2D eigenvalue weighted by Crippen LogP contribution is -2.49. The van der Waals surface area contributed by atoms with Gasteiger partial charge in [0, 0.05) is 36.2 Å². The molecule has 1 atom stereocenters. The molecule has 2 fully saturated rings. The van der Waals surface area contributed by atoms with Crippen LogP contribution in [-0.2, 0) is 4.79 Å². The van der Waals surface area contributed by atoms with Crippen molar-refractivity contribution in [3.8, 4) is 0 Å². The molecule has 0 spiro atoms. The molecule has 1 saturated heterocycles. The quantitative estimate of drug-likeness (QED) is 0.506. The monoisotopic (exact) mass is 407 g/mol. The molecule has 1 aliphatic heterocycles. The van der Waals surface area contributed by atoms with Gasteiger partial charge in [0.15, 0.2) is 0 Å². The van der Waals surface area contributed by atoms with Crippen molar-refractivity contribution in [2.24, 2.45) is 11.7 Å². The van der Waals surface area contributed by atoms with Crippen LogP contribution in [0.2, 0.25) is 0 Å². The van der Waals surface area contributed by atoms with E-state index in [2.05, 4.69) is 10.6 Å². The predicted molar refractivity (Wildman–Crippen MR) is 108 cm³/mol. The molecule has 0 aromatic heterocycles. The highest BCUT2D eigenvalue weighted by atomic mass is 32.2. The fourth-order valence-corrected chi connectivity index (χ4v) is 4.60. The third kappa shape index (κ3) is 5.14. The minimum atomic E-state index is -0.486. The largest absolute Gasteiger partial charge is 0.335 e. The fourth-order valence-electron chi connectivity index (χ4n) is 3.64. The topological polar surface area (TPSA) is 131 Å². The summed E-state index contributed by atoms with van der Waals surface area (Å²) in [7, 11) is 0. The third-order valence-electron chi connectivity index (χ3n) is 5.30. The summed E-state index contributed by atoms with van der Waals surface area (Å²) in [6.07, 6.45) is 3.15. The van der Waals surface area contributed by atoms with Gasteiger partial charge in [0.1, 0.15) is 0 Å². The van der Waals surface area contributed by atoms with Crippen LogP contribution >= 0.6 is 11.8 Å². The third-order valence-corrected chi connectivity index (χ3v) is 6.27. The number of urea groups is 1. The van der Waals surface area contributed by atoms with Crippen LogP contribution in [0.4, 0.5) is 16.2 Å². The van der Waals surface area contributed by atoms with E-state index in [-0.39, 0.29) is 29.6 Å². The average Bonchev–Trinajstić information content (AvgIpc) is 3.22. The molecule has 1 aliphatic carbocycles. The molecule has 1 aromatic carbocycles. The lowest BCUT2D eigenvalue weighted by molar-refractivity contribution is -0.384. The number of hydrogen-bond donors (Lipinski definition) is 3. The minimum absolute atomic E-state index is 0.0253.